The Hall–Kier alpha value is -1.34. The lowest BCUT2D eigenvalue weighted by molar-refractivity contribution is 0.0516. The van der Waals surface area contributed by atoms with E-state index in [0.717, 1.165) is 37.3 Å². The number of nitrogens with zero attached hydrogens (tertiary/aromatic N) is 2. The molecule has 1 aromatic heterocycles. The summed E-state index contributed by atoms with van der Waals surface area (Å²) in [5.41, 5.74) is -0.478. The molecule has 1 amide bonds. The molecule has 0 saturated carbocycles. The first-order valence-corrected chi connectivity index (χ1v) is 8.81. The Balaban J connectivity index is 1.77. The van der Waals surface area contributed by atoms with Gasteiger partial charge in [0, 0.05) is 19.6 Å². The number of halogens is 1. The minimum atomic E-state index is -0.478. The van der Waals surface area contributed by atoms with Crippen molar-refractivity contribution in [3.8, 4) is 0 Å². The third kappa shape index (κ3) is 5.35. The van der Waals surface area contributed by atoms with E-state index in [9.17, 15) is 9.59 Å². The molecule has 128 valence electrons. The molecule has 0 atom stereocenters. The zero-order valence-corrected chi connectivity index (χ0v) is 15.2. The van der Waals surface area contributed by atoms with Crippen LogP contribution in [0.1, 0.15) is 43.3 Å². The molecule has 0 bridgehead atoms. The van der Waals surface area contributed by atoms with Gasteiger partial charge in [0.05, 0.1) is 0 Å². The van der Waals surface area contributed by atoms with Crippen molar-refractivity contribution in [2.45, 2.75) is 39.2 Å². The Morgan fingerprint density at radius 1 is 1.48 bits per heavy atom. The topological polar surface area (TPSA) is 71.5 Å². The molecule has 1 aliphatic heterocycles. The van der Waals surface area contributed by atoms with Crippen LogP contribution in [0, 0.1) is 5.92 Å². The number of aldehydes is 1. The Morgan fingerprint density at radius 3 is 2.65 bits per heavy atom. The monoisotopic (exact) mass is 359 g/mol. The number of hydrogen-bond acceptors (Lipinski definition) is 6. The molecule has 2 heterocycles. The van der Waals surface area contributed by atoms with Gasteiger partial charge < -0.3 is 15.0 Å². The molecule has 1 fully saturated rings. The van der Waals surface area contributed by atoms with Crippen LogP contribution in [-0.2, 0) is 4.74 Å². The summed E-state index contributed by atoms with van der Waals surface area (Å²) in [6.07, 6.45) is 2.26. The van der Waals surface area contributed by atoms with Crippen molar-refractivity contribution in [1.29, 1.82) is 0 Å². The molecule has 2 rings (SSSR count). The fraction of sp³-hybridized carbons (Fsp3) is 0.667. The van der Waals surface area contributed by atoms with Crippen LogP contribution < -0.4 is 10.2 Å². The normalized spacial score (nSPS) is 16.3. The lowest BCUT2D eigenvalue weighted by Gasteiger charge is -2.32. The highest BCUT2D eigenvalue weighted by Crippen LogP contribution is 2.31. The van der Waals surface area contributed by atoms with Gasteiger partial charge in [0.25, 0.3) is 0 Å². The van der Waals surface area contributed by atoms with Crippen LogP contribution in [0.25, 0.3) is 0 Å². The fourth-order valence-corrected chi connectivity index (χ4v) is 3.49. The quantitative estimate of drug-likeness (QED) is 0.834. The number of alkyl carbamates (subject to hydrolysis) is 1. The number of nitrogens with one attached hydrogen (secondary N) is 1. The number of rotatable bonds is 4. The second kappa shape index (κ2) is 7.49. The first-order valence-electron chi connectivity index (χ1n) is 7.62. The number of carbonyl (C=O) groups is 2. The van der Waals surface area contributed by atoms with Gasteiger partial charge in [-0.3, -0.25) is 4.79 Å². The van der Waals surface area contributed by atoms with Gasteiger partial charge in [0.1, 0.15) is 10.5 Å². The maximum Gasteiger partial charge on any atom is 0.407 e. The summed E-state index contributed by atoms with van der Waals surface area (Å²) in [5, 5.41) is 3.89. The minimum absolute atomic E-state index is 0.272. The van der Waals surface area contributed by atoms with E-state index in [1.54, 1.807) is 0 Å². The molecule has 0 radical (unpaired) electrons. The largest absolute Gasteiger partial charge is 0.444 e. The van der Waals surface area contributed by atoms with E-state index in [2.05, 4.69) is 15.2 Å². The van der Waals surface area contributed by atoms with Crippen molar-refractivity contribution in [2.24, 2.45) is 5.92 Å². The summed E-state index contributed by atoms with van der Waals surface area (Å²) >= 11 is 7.23. The zero-order chi connectivity index (χ0) is 17.0. The molecular formula is C15H22ClN3O3S. The smallest absolute Gasteiger partial charge is 0.407 e. The van der Waals surface area contributed by atoms with Gasteiger partial charge in [-0.1, -0.05) is 22.9 Å². The lowest BCUT2D eigenvalue weighted by Crippen LogP contribution is -2.40. The Bertz CT molecular complexity index is 563. The maximum atomic E-state index is 11.7. The van der Waals surface area contributed by atoms with Crippen LogP contribution in [0.3, 0.4) is 0 Å². The third-order valence-electron chi connectivity index (χ3n) is 3.52. The molecule has 8 heteroatoms. The average Bonchev–Trinajstić information content (AvgIpc) is 2.85. The molecule has 6 nitrogen and oxygen atoms in total. The van der Waals surface area contributed by atoms with Crippen LogP contribution in [0.2, 0.25) is 5.15 Å². The molecule has 23 heavy (non-hydrogen) atoms. The van der Waals surface area contributed by atoms with Crippen LogP contribution in [0.5, 0.6) is 0 Å². The Kier molecular flexibility index (Phi) is 5.86. The second-order valence-electron chi connectivity index (χ2n) is 6.58. The summed E-state index contributed by atoms with van der Waals surface area (Å²) in [6.45, 7) is 7.82. The minimum Gasteiger partial charge on any atom is -0.444 e. The third-order valence-corrected chi connectivity index (χ3v) is 4.97. The van der Waals surface area contributed by atoms with Crippen LogP contribution in [0.4, 0.5) is 9.93 Å². The molecule has 1 aromatic rings. The second-order valence-corrected chi connectivity index (χ2v) is 7.95. The van der Waals surface area contributed by atoms with Gasteiger partial charge in [0.15, 0.2) is 16.6 Å². The van der Waals surface area contributed by atoms with E-state index in [1.165, 1.54) is 11.3 Å². The summed E-state index contributed by atoms with van der Waals surface area (Å²) in [5.74, 6) is 0.416. The Morgan fingerprint density at radius 2 is 2.13 bits per heavy atom. The SMILES string of the molecule is CC(C)(C)OC(=O)NCC1CCN(c2nc(Cl)c(C=O)s2)CC1. The van der Waals surface area contributed by atoms with E-state index in [4.69, 9.17) is 16.3 Å². The molecule has 0 aromatic carbocycles. The number of hydrogen-bond donors (Lipinski definition) is 1. The maximum absolute atomic E-state index is 11.7. The lowest BCUT2D eigenvalue weighted by atomic mass is 9.97. The standard InChI is InChI=1S/C15H22ClN3O3S/c1-15(2,3)22-14(21)17-8-10-4-6-19(7-5-10)13-18-12(16)11(9-20)23-13/h9-10H,4-8H2,1-3H3,(H,17,21). The van der Waals surface area contributed by atoms with Crippen molar-refractivity contribution >= 4 is 40.4 Å². The Labute approximate surface area is 145 Å². The number of carbonyl (C=O) groups excluding carboxylic acids is 2. The van der Waals surface area contributed by atoms with Crippen molar-refractivity contribution in [3.05, 3.63) is 10.0 Å². The van der Waals surface area contributed by atoms with Crippen molar-refractivity contribution in [2.75, 3.05) is 24.5 Å². The highest BCUT2D eigenvalue weighted by Gasteiger charge is 2.24. The predicted molar refractivity (Wildman–Crippen MR) is 91.7 cm³/mol. The van der Waals surface area contributed by atoms with Gasteiger partial charge in [-0.25, -0.2) is 9.78 Å². The zero-order valence-electron chi connectivity index (χ0n) is 13.6. The molecule has 0 aliphatic carbocycles. The van der Waals surface area contributed by atoms with Crippen LogP contribution >= 0.6 is 22.9 Å². The molecule has 0 spiro atoms. The highest BCUT2D eigenvalue weighted by atomic mass is 35.5. The number of amides is 1. The summed E-state index contributed by atoms with van der Waals surface area (Å²) in [7, 11) is 0. The van der Waals surface area contributed by atoms with Crippen molar-refractivity contribution < 1.29 is 14.3 Å². The van der Waals surface area contributed by atoms with Gasteiger partial charge in [-0.05, 0) is 39.5 Å². The summed E-state index contributed by atoms with van der Waals surface area (Å²) in [4.78, 5) is 29.3. The molecule has 1 N–H and O–H groups in total. The van der Waals surface area contributed by atoms with E-state index >= 15 is 0 Å². The number of anilines is 1. The molecule has 0 unspecified atom stereocenters. The van der Waals surface area contributed by atoms with Crippen LogP contribution in [0.15, 0.2) is 0 Å². The first kappa shape index (κ1) is 18.0. The van der Waals surface area contributed by atoms with Crippen molar-refractivity contribution in [1.82, 2.24) is 10.3 Å². The first-order chi connectivity index (χ1) is 10.8. The summed E-state index contributed by atoms with van der Waals surface area (Å²) in [6, 6.07) is 0. The van der Waals surface area contributed by atoms with E-state index in [-0.39, 0.29) is 11.2 Å². The van der Waals surface area contributed by atoms with E-state index < -0.39 is 5.60 Å². The van der Waals surface area contributed by atoms with Crippen LogP contribution in [-0.4, -0.2) is 42.6 Å². The van der Waals surface area contributed by atoms with Crippen molar-refractivity contribution in [3.63, 3.8) is 0 Å². The molecule has 1 aliphatic rings. The number of ether oxygens (including phenoxy) is 1. The average molecular weight is 360 g/mol. The number of thiazole rings is 1. The highest BCUT2D eigenvalue weighted by molar-refractivity contribution is 7.17. The van der Waals surface area contributed by atoms with Gasteiger partial charge in [0.2, 0.25) is 0 Å². The number of piperidine rings is 1. The van der Waals surface area contributed by atoms with E-state index in [0.29, 0.717) is 17.3 Å². The molecule has 1 saturated heterocycles. The van der Waals surface area contributed by atoms with Gasteiger partial charge in [-0.15, -0.1) is 0 Å². The van der Waals surface area contributed by atoms with Gasteiger partial charge in [-0.2, -0.15) is 0 Å². The summed E-state index contributed by atoms with van der Waals surface area (Å²) < 4.78 is 5.23. The fourth-order valence-electron chi connectivity index (χ4n) is 2.38. The predicted octanol–water partition coefficient (Wildman–Crippen LogP) is 3.35. The number of aromatic nitrogens is 1. The van der Waals surface area contributed by atoms with Gasteiger partial charge >= 0.3 is 6.09 Å². The van der Waals surface area contributed by atoms with E-state index in [1.807, 2.05) is 20.8 Å². The molecular weight excluding hydrogens is 338 g/mol.